The van der Waals surface area contributed by atoms with Crippen molar-refractivity contribution in [1.29, 1.82) is 5.26 Å². The summed E-state index contributed by atoms with van der Waals surface area (Å²) in [6, 6.07) is 6.42. The third-order valence-electron chi connectivity index (χ3n) is 10.2. The molecule has 2 aliphatic heterocycles. The van der Waals surface area contributed by atoms with Crippen molar-refractivity contribution in [2.24, 2.45) is 5.84 Å². The van der Waals surface area contributed by atoms with Crippen molar-refractivity contribution in [3.8, 4) is 17.2 Å². The molecule has 0 saturated carbocycles. The van der Waals surface area contributed by atoms with E-state index >= 15 is 17.6 Å². The normalized spacial score (nSPS) is 19.0. The van der Waals surface area contributed by atoms with E-state index in [1.807, 2.05) is 25.9 Å². The molecule has 2 aromatic heterocycles. The smallest absolute Gasteiger partial charge is 0.417 e. The zero-order chi connectivity index (χ0) is 38.8. The third kappa shape index (κ3) is 6.83. The summed E-state index contributed by atoms with van der Waals surface area (Å²) in [4.78, 5) is 27.1. The van der Waals surface area contributed by atoms with Crippen molar-refractivity contribution in [3.05, 3.63) is 53.7 Å². The summed E-state index contributed by atoms with van der Waals surface area (Å²) in [6.07, 6.45) is -4.09. The number of anilines is 3. The van der Waals surface area contributed by atoms with Crippen molar-refractivity contribution in [1.82, 2.24) is 19.8 Å². The first-order valence-corrected chi connectivity index (χ1v) is 17.1. The number of rotatable bonds is 6. The molecule has 11 nitrogen and oxygen atoms in total. The van der Waals surface area contributed by atoms with Crippen LogP contribution in [0.2, 0.25) is 0 Å². The molecule has 0 radical (unpaired) electrons. The first-order valence-electron chi connectivity index (χ1n) is 17.1. The molecule has 4 heterocycles. The number of nitrogens with two attached hydrogens (primary N) is 2. The van der Waals surface area contributed by atoms with Gasteiger partial charge in [0.15, 0.2) is 11.6 Å². The molecule has 16 heteroatoms. The average Bonchev–Trinajstić information content (AvgIpc) is 3.06. The lowest BCUT2D eigenvalue weighted by molar-refractivity contribution is -0.137. The van der Waals surface area contributed by atoms with Crippen LogP contribution >= 0.6 is 0 Å². The molecule has 282 valence electrons. The maximum Gasteiger partial charge on any atom is 0.417 e. The molecular weight excluding hydrogens is 697 g/mol. The fourth-order valence-corrected chi connectivity index (χ4v) is 7.23. The van der Waals surface area contributed by atoms with E-state index in [-0.39, 0.29) is 70.4 Å². The number of fused-ring (bicyclic) bond motifs is 2. The minimum absolute atomic E-state index is 0.0543. The van der Waals surface area contributed by atoms with Crippen molar-refractivity contribution < 1.29 is 31.5 Å². The van der Waals surface area contributed by atoms with E-state index in [0.717, 1.165) is 18.2 Å². The van der Waals surface area contributed by atoms with Gasteiger partial charge >= 0.3 is 12.3 Å². The number of hydrogen-bond acceptors (Lipinski definition) is 10. The zero-order valence-electron chi connectivity index (χ0n) is 30.4. The predicted octanol–water partition coefficient (Wildman–Crippen LogP) is 6.83. The number of likely N-dealkylation sites (tertiary alicyclic amines) is 1. The number of nitriles is 1. The number of carbonyl (C=O) groups excluding carboxylic acids is 1. The Kier molecular flexibility index (Phi) is 9.57. The van der Waals surface area contributed by atoms with E-state index in [0.29, 0.717) is 13.1 Å². The topological polar surface area (TPSA) is 141 Å². The van der Waals surface area contributed by atoms with Crippen LogP contribution in [-0.2, 0) is 10.9 Å². The Morgan fingerprint density at radius 3 is 2.45 bits per heavy atom. The van der Waals surface area contributed by atoms with Crippen LogP contribution in [0.5, 0.6) is 0 Å². The van der Waals surface area contributed by atoms with Gasteiger partial charge in [-0.15, -0.1) is 0 Å². The highest BCUT2D eigenvalue weighted by atomic mass is 19.4. The number of ether oxygens (including phenoxy) is 1. The standard InChI is InChI=1S/C37H42F5N9O2/c1-35(2,3)53-34(52)50-15-12-21(16-20(50)11-13-43)51(45)32-24-17-25(37(40,41)42)27(23-9-10-26(38)22-8-7-14-46-30(22)23)28(39)31(24)47-33(29(32)44)49-18-36(4,19-49)48(5)6/h7-10,14,17,20-21H,11-12,15-16,18-19,44-45H2,1-6H3/t20-,21?/m1/s1. The number of likely N-dealkylation sites (N-methyl/N-ethyl adjacent to an activating group) is 1. The Morgan fingerprint density at radius 1 is 1.13 bits per heavy atom. The van der Waals surface area contributed by atoms with Crippen LogP contribution in [0.15, 0.2) is 36.5 Å². The van der Waals surface area contributed by atoms with Gasteiger partial charge in [-0.2, -0.15) is 18.4 Å². The summed E-state index contributed by atoms with van der Waals surface area (Å²) >= 11 is 0. The average molecular weight is 740 g/mol. The second-order valence-electron chi connectivity index (χ2n) is 15.2. The van der Waals surface area contributed by atoms with Crippen molar-refractivity contribution in [2.45, 2.75) is 76.4 Å². The summed E-state index contributed by atoms with van der Waals surface area (Å²) < 4.78 is 82.7. The number of halogens is 5. The monoisotopic (exact) mass is 739 g/mol. The van der Waals surface area contributed by atoms with Gasteiger partial charge in [0.2, 0.25) is 0 Å². The van der Waals surface area contributed by atoms with E-state index < -0.39 is 58.2 Å². The predicted molar refractivity (Wildman–Crippen MR) is 193 cm³/mol. The number of pyridine rings is 2. The van der Waals surface area contributed by atoms with E-state index in [9.17, 15) is 14.4 Å². The molecule has 1 amide bonds. The number of alkyl halides is 3. The Morgan fingerprint density at radius 2 is 1.83 bits per heavy atom. The minimum atomic E-state index is -5.09. The van der Waals surface area contributed by atoms with Gasteiger partial charge in [0.1, 0.15) is 22.6 Å². The third-order valence-corrected chi connectivity index (χ3v) is 10.2. The van der Waals surface area contributed by atoms with Crippen LogP contribution in [-0.4, -0.2) is 82.8 Å². The van der Waals surface area contributed by atoms with E-state index in [1.165, 1.54) is 28.2 Å². The van der Waals surface area contributed by atoms with Gasteiger partial charge in [0.05, 0.1) is 40.8 Å². The maximum atomic E-state index is 17.2. The highest BCUT2D eigenvalue weighted by Gasteiger charge is 2.44. The van der Waals surface area contributed by atoms with Gasteiger partial charge in [0, 0.05) is 53.8 Å². The number of hydrogen-bond donors (Lipinski definition) is 2. The minimum Gasteiger partial charge on any atom is -0.444 e. The SMILES string of the molecule is CN(C)C1(C)CN(c2nc3c(F)c(-c4ccc(F)c5cccnc45)c(C(F)(F)F)cc3c(N(N)C3CCN(C(=O)OC(C)(C)C)[C@H](CC#N)C3)c2N)C1. The summed E-state index contributed by atoms with van der Waals surface area (Å²) in [5.41, 5.74) is 2.53. The molecule has 0 aliphatic carbocycles. The molecule has 53 heavy (non-hydrogen) atoms. The van der Waals surface area contributed by atoms with Crippen LogP contribution in [0.3, 0.4) is 0 Å². The van der Waals surface area contributed by atoms with Gasteiger partial charge in [-0.1, -0.05) is 0 Å². The second-order valence-corrected chi connectivity index (χ2v) is 15.2. The molecule has 2 aromatic carbocycles. The highest BCUT2D eigenvalue weighted by molar-refractivity contribution is 6.06. The summed E-state index contributed by atoms with van der Waals surface area (Å²) in [6.45, 7) is 8.16. The number of nitrogens with zero attached hydrogens (tertiary/aromatic N) is 7. The van der Waals surface area contributed by atoms with Gasteiger partial charge in [-0.3, -0.25) is 4.98 Å². The fourth-order valence-electron chi connectivity index (χ4n) is 7.23. The Hall–Kier alpha value is -5.01. The van der Waals surface area contributed by atoms with Crippen LogP contribution < -0.4 is 21.5 Å². The van der Waals surface area contributed by atoms with Crippen LogP contribution in [0.4, 0.5) is 43.9 Å². The lowest BCUT2D eigenvalue weighted by Crippen LogP contribution is -2.67. The van der Waals surface area contributed by atoms with Crippen LogP contribution in [0.1, 0.15) is 52.5 Å². The van der Waals surface area contributed by atoms with Gasteiger partial charge in [-0.25, -0.2) is 24.4 Å². The number of amides is 1. The second kappa shape index (κ2) is 13.4. The van der Waals surface area contributed by atoms with Crippen molar-refractivity contribution in [3.63, 3.8) is 0 Å². The molecule has 2 aliphatic rings. The van der Waals surface area contributed by atoms with Crippen molar-refractivity contribution in [2.75, 3.05) is 49.4 Å². The maximum absolute atomic E-state index is 17.2. The molecule has 0 spiro atoms. The number of aromatic nitrogens is 2. The van der Waals surface area contributed by atoms with Gasteiger partial charge in [-0.05, 0) is 85.0 Å². The van der Waals surface area contributed by atoms with Crippen LogP contribution in [0.25, 0.3) is 32.9 Å². The number of hydrazine groups is 1. The molecule has 2 atom stereocenters. The lowest BCUT2D eigenvalue weighted by atomic mass is 9.90. The first kappa shape index (κ1) is 37.7. The number of carbonyl (C=O) groups is 1. The highest BCUT2D eigenvalue weighted by Crippen LogP contribution is 2.48. The molecule has 0 bridgehead atoms. The Labute approximate surface area is 303 Å². The largest absolute Gasteiger partial charge is 0.444 e. The molecule has 2 fully saturated rings. The van der Waals surface area contributed by atoms with Gasteiger partial charge in [0.25, 0.3) is 0 Å². The molecule has 6 rings (SSSR count). The van der Waals surface area contributed by atoms with Gasteiger partial charge < -0.3 is 30.2 Å². The van der Waals surface area contributed by atoms with Crippen molar-refractivity contribution >= 4 is 45.1 Å². The summed E-state index contributed by atoms with van der Waals surface area (Å²) in [7, 11) is 3.82. The number of nitrogen functional groups attached to an aromatic ring is 1. The van der Waals surface area contributed by atoms with Crippen LogP contribution in [0, 0.1) is 23.0 Å². The lowest BCUT2D eigenvalue weighted by Gasteiger charge is -2.53. The molecular formula is C37H42F5N9O2. The van der Waals surface area contributed by atoms with E-state index in [2.05, 4.69) is 16.0 Å². The summed E-state index contributed by atoms with van der Waals surface area (Å²) in [5.74, 6) is 4.93. The van der Waals surface area contributed by atoms with E-state index in [4.69, 9.17) is 16.3 Å². The first-order chi connectivity index (χ1) is 24.8. The molecule has 1 unspecified atom stereocenters. The quantitative estimate of drug-likeness (QED) is 0.123. The number of piperidine rings is 1. The molecule has 4 aromatic rings. The Balaban J connectivity index is 1.55. The number of benzene rings is 2. The zero-order valence-corrected chi connectivity index (χ0v) is 30.4. The summed E-state index contributed by atoms with van der Waals surface area (Å²) in [5, 5.41) is 10.5. The van der Waals surface area contributed by atoms with E-state index in [1.54, 1.807) is 25.7 Å². The molecule has 4 N–H and O–H groups in total. The Bertz CT molecular complexity index is 2120. The fraction of sp³-hybridized carbons (Fsp3) is 0.459. The molecule has 2 saturated heterocycles.